The van der Waals surface area contributed by atoms with Crippen molar-refractivity contribution in [3.05, 3.63) is 194 Å². The maximum Gasteiger partial charge on any atom is 0.134 e. The van der Waals surface area contributed by atoms with Crippen molar-refractivity contribution in [2.75, 3.05) is 0 Å². The Labute approximate surface area is 315 Å². The molecule has 0 aliphatic rings. The Morgan fingerprint density at radius 2 is 1.25 bits per heavy atom. The average Bonchev–Trinajstić information content (AvgIpc) is 3.58. The molecule has 3 aromatic heterocycles. The zero-order valence-electron chi connectivity index (χ0n) is 28.2. The van der Waals surface area contributed by atoms with Crippen LogP contribution in [0.5, 0.6) is 0 Å². The van der Waals surface area contributed by atoms with Crippen molar-refractivity contribution in [2.45, 2.75) is 6.92 Å². The monoisotopic (exact) mass is 851 g/mol. The second kappa shape index (κ2) is 15.5. The molecule has 0 saturated heterocycles. The molecule has 0 spiro atoms. The molecule has 0 saturated carbocycles. The number of hydrogen-bond donors (Lipinski definition) is 0. The SMILES string of the molecule is Cc1ccc(-c2[c-]cccc2)nc1.Fc1ccc2c(oc3c(-c4ccccn4)[c-]ccc32)c1-c1cccc(-c2ccc(-c3ccccc3)cc2)c1.[Ir]. The standard InChI is InChI=1S/C35H21FNO.C12H10N.Ir/c36-31-20-19-29-28-12-7-13-30(32-14-4-5-21-37-32)34(28)38-35(29)33(31)27-11-6-10-26(22-27)25-17-15-24(16-18-25)23-8-2-1-3-9-23;1-10-7-8-12(13-9-10)11-5-3-2-4-6-11;/h1-12,14-22H;2-5,7-9H,1H3;/q2*-1;. The molecule has 5 heteroatoms. The van der Waals surface area contributed by atoms with Crippen molar-refractivity contribution >= 4 is 21.9 Å². The summed E-state index contributed by atoms with van der Waals surface area (Å²) >= 11 is 0. The third kappa shape index (κ3) is 7.11. The van der Waals surface area contributed by atoms with E-state index < -0.39 is 0 Å². The van der Waals surface area contributed by atoms with Crippen LogP contribution >= 0.6 is 0 Å². The Balaban J connectivity index is 0.000000254. The molecule has 253 valence electrons. The molecular weight excluding hydrogens is 820 g/mol. The maximum atomic E-state index is 15.5. The van der Waals surface area contributed by atoms with Crippen molar-refractivity contribution in [2.24, 2.45) is 0 Å². The van der Waals surface area contributed by atoms with Gasteiger partial charge in [0, 0.05) is 37.9 Å². The molecule has 9 aromatic rings. The first kappa shape index (κ1) is 34.4. The van der Waals surface area contributed by atoms with Gasteiger partial charge in [0.15, 0.2) is 0 Å². The summed E-state index contributed by atoms with van der Waals surface area (Å²) in [6.45, 7) is 2.03. The van der Waals surface area contributed by atoms with E-state index in [1.54, 1.807) is 12.3 Å². The van der Waals surface area contributed by atoms with Gasteiger partial charge >= 0.3 is 0 Å². The van der Waals surface area contributed by atoms with Crippen molar-refractivity contribution in [1.29, 1.82) is 0 Å². The third-order valence-electron chi connectivity index (χ3n) is 8.84. The van der Waals surface area contributed by atoms with Crippen molar-refractivity contribution in [3.8, 4) is 55.9 Å². The minimum Gasteiger partial charge on any atom is -0.500 e. The molecule has 9 rings (SSSR count). The van der Waals surface area contributed by atoms with Gasteiger partial charge in [-0.3, -0.25) is 0 Å². The van der Waals surface area contributed by atoms with Gasteiger partial charge in [-0.2, -0.15) is 0 Å². The Morgan fingerprint density at radius 3 is 1.98 bits per heavy atom. The van der Waals surface area contributed by atoms with Crippen molar-refractivity contribution in [1.82, 2.24) is 9.97 Å². The van der Waals surface area contributed by atoms with Gasteiger partial charge in [0.25, 0.3) is 0 Å². The second-order valence-corrected chi connectivity index (χ2v) is 12.2. The van der Waals surface area contributed by atoms with Crippen LogP contribution in [0.4, 0.5) is 4.39 Å². The van der Waals surface area contributed by atoms with Crippen molar-refractivity contribution < 1.29 is 28.9 Å². The number of nitrogens with zero attached hydrogens (tertiary/aromatic N) is 2. The summed E-state index contributed by atoms with van der Waals surface area (Å²) in [4.78, 5) is 8.79. The number of hydrogen-bond acceptors (Lipinski definition) is 3. The van der Waals surface area contributed by atoms with E-state index in [0.717, 1.165) is 55.5 Å². The first-order chi connectivity index (χ1) is 25.1. The minimum atomic E-state index is -0.323. The Hall–Kier alpha value is -6.00. The molecule has 3 heterocycles. The summed E-state index contributed by atoms with van der Waals surface area (Å²) < 4.78 is 21.9. The molecule has 6 aromatic carbocycles. The molecule has 0 aliphatic heterocycles. The first-order valence-corrected chi connectivity index (χ1v) is 16.8. The second-order valence-electron chi connectivity index (χ2n) is 12.2. The fourth-order valence-corrected chi connectivity index (χ4v) is 6.27. The summed E-state index contributed by atoms with van der Waals surface area (Å²) in [6, 6.07) is 57.9. The van der Waals surface area contributed by atoms with Crippen LogP contribution in [0.15, 0.2) is 175 Å². The third-order valence-corrected chi connectivity index (χ3v) is 8.84. The maximum absolute atomic E-state index is 15.5. The van der Waals surface area contributed by atoms with Crippen LogP contribution in [0.2, 0.25) is 0 Å². The Kier molecular flexibility index (Phi) is 10.3. The number of aryl methyl sites for hydroxylation is 1. The van der Waals surface area contributed by atoms with Gasteiger partial charge in [-0.05, 0) is 76.0 Å². The van der Waals surface area contributed by atoms with E-state index in [1.165, 1.54) is 17.2 Å². The summed E-state index contributed by atoms with van der Waals surface area (Å²) in [7, 11) is 0. The number of aromatic nitrogens is 2. The summed E-state index contributed by atoms with van der Waals surface area (Å²) in [5, 5.41) is 1.77. The number of fused-ring (bicyclic) bond motifs is 3. The van der Waals surface area contributed by atoms with E-state index in [4.69, 9.17) is 4.42 Å². The van der Waals surface area contributed by atoms with E-state index in [0.29, 0.717) is 16.7 Å². The van der Waals surface area contributed by atoms with E-state index in [-0.39, 0.29) is 25.9 Å². The van der Waals surface area contributed by atoms with Gasteiger partial charge < -0.3 is 14.4 Å². The van der Waals surface area contributed by atoms with Crippen LogP contribution in [-0.2, 0) is 20.1 Å². The van der Waals surface area contributed by atoms with Crippen LogP contribution < -0.4 is 0 Å². The fourth-order valence-electron chi connectivity index (χ4n) is 6.27. The topological polar surface area (TPSA) is 38.9 Å². The van der Waals surface area contributed by atoms with Crippen LogP contribution in [0.25, 0.3) is 77.8 Å². The molecule has 0 unspecified atom stereocenters. The Bertz CT molecular complexity index is 2570. The summed E-state index contributed by atoms with van der Waals surface area (Å²) in [5.74, 6) is -0.323. The van der Waals surface area contributed by atoms with Gasteiger partial charge in [-0.25, -0.2) is 4.39 Å². The predicted octanol–water partition coefficient (Wildman–Crippen LogP) is 12.4. The molecule has 0 N–H and O–H groups in total. The minimum absolute atomic E-state index is 0. The molecule has 52 heavy (non-hydrogen) atoms. The smallest absolute Gasteiger partial charge is 0.134 e. The molecule has 0 bridgehead atoms. The van der Waals surface area contributed by atoms with Crippen molar-refractivity contribution in [3.63, 3.8) is 0 Å². The molecular formula is C47H31FIrN2O-2. The summed E-state index contributed by atoms with van der Waals surface area (Å²) in [6.07, 6.45) is 3.61. The Morgan fingerprint density at radius 1 is 0.538 bits per heavy atom. The molecule has 0 amide bonds. The average molecular weight is 851 g/mol. The van der Waals surface area contributed by atoms with Gasteiger partial charge in [0.05, 0.1) is 11.1 Å². The molecule has 0 aliphatic carbocycles. The van der Waals surface area contributed by atoms with E-state index in [2.05, 4.69) is 64.6 Å². The van der Waals surface area contributed by atoms with E-state index in [9.17, 15) is 0 Å². The number of halogens is 1. The number of rotatable bonds is 5. The number of benzene rings is 6. The molecule has 1 radical (unpaired) electrons. The quantitative estimate of drug-likeness (QED) is 0.162. The molecule has 3 nitrogen and oxygen atoms in total. The van der Waals surface area contributed by atoms with Crippen LogP contribution in [0, 0.1) is 24.9 Å². The molecule has 0 atom stereocenters. The van der Waals surface area contributed by atoms with Crippen LogP contribution in [0.1, 0.15) is 5.56 Å². The molecule has 0 fully saturated rings. The number of pyridine rings is 2. The zero-order valence-corrected chi connectivity index (χ0v) is 30.6. The largest absolute Gasteiger partial charge is 0.500 e. The normalized spacial score (nSPS) is 10.7. The van der Waals surface area contributed by atoms with Gasteiger partial charge in [-0.15, -0.1) is 54.1 Å². The van der Waals surface area contributed by atoms with Gasteiger partial charge in [0.1, 0.15) is 11.4 Å². The summed E-state index contributed by atoms with van der Waals surface area (Å²) in [5.41, 5.74) is 11.5. The fraction of sp³-hybridized carbons (Fsp3) is 0.0213. The van der Waals surface area contributed by atoms with Gasteiger partial charge in [0.2, 0.25) is 0 Å². The van der Waals surface area contributed by atoms with Crippen LogP contribution in [-0.4, -0.2) is 9.97 Å². The van der Waals surface area contributed by atoms with E-state index >= 15 is 4.39 Å². The predicted molar refractivity (Wildman–Crippen MR) is 205 cm³/mol. The first-order valence-electron chi connectivity index (χ1n) is 16.8. The van der Waals surface area contributed by atoms with E-state index in [1.807, 2.05) is 116 Å². The number of furan rings is 1. The zero-order chi connectivity index (χ0) is 34.6. The van der Waals surface area contributed by atoms with Crippen LogP contribution in [0.3, 0.4) is 0 Å². The van der Waals surface area contributed by atoms with Gasteiger partial charge in [-0.1, -0.05) is 108 Å².